The second-order valence-corrected chi connectivity index (χ2v) is 7.00. The summed E-state index contributed by atoms with van der Waals surface area (Å²) in [6, 6.07) is 7.28. The van der Waals surface area contributed by atoms with Crippen LogP contribution in [0.25, 0.3) is 0 Å². The molecule has 0 unspecified atom stereocenters. The number of ether oxygens (including phenoxy) is 1. The third kappa shape index (κ3) is 5.48. The first-order valence-electron chi connectivity index (χ1n) is 6.79. The molecule has 0 aromatic heterocycles. The zero-order chi connectivity index (χ0) is 15.2. The van der Waals surface area contributed by atoms with E-state index in [1.54, 1.807) is 12.1 Å². The molecule has 0 bridgehead atoms. The van der Waals surface area contributed by atoms with Crippen LogP contribution in [0.4, 0.5) is 5.69 Å². The van der Waals surface area contributed by atoms with E-state index >= 15 is 0 Å². The predicted molar refractivity (Wildman–Crippen MR) is 81.8 cm³/mol. The SMILES string of the molecule is CCN(Cc1cccc(N)c1)S(=O)(=O)CCOC(C)C. The average molecular weight is 300 g/mol. The molecule has 0 saturated heterocycles. The van der Waals surface area contributed by atoms with Gasteiger partial charge in [-0.2, -0.15) is 4.31 Å². The summed E-state index contributed by atoms with van der Waals surface area (Å²) in [6.07, 6.45) is 0.0363. The highest BCUT2D eigenvalue weighted by atomic mass is 32.2. The zero-order valence-electron chi connectivity index (χ0n) is 12.4. The number of benzene rings is 1. The van der Waals surface area contributed by atoms with Crippen molar-refractivity contribution in [2.45, 2.75) is 33.4 Å². The van der Waals surface area contributed by atoms with Crippen LogP contribution in [0, 0.1) is 0 Å². The van der Waals surface area contributed by atoms with Crippen LogP contribution in [0.5, 0.6) is 0 Å². The average Bonchev–Trinajstić information content (AvgIpc) is 2.35. The van der Waals surface area contributed by atoms with Gasteiger partial charge in [0.25, 0.3) is 0 Å². The first kappa shape index (κ1) is 16.9. The summed E-state index contributed by atoms with van der Waals surface area (Å²) in [6.45, 7) is 6.58. The first-order chi connectivity index (χ1) is 9.35. The molecule has 1 aromatic carbocycles. The fourth-order valence-electron chi connectivity index (χ4n) is 1.82. The molecule has 1 aromatic rings. The highest BCUT2D eigenvalue weighted by molar-refractivity contribution is 7.89. The Morgan fingerprint density at radius 3 is 2.60 bits per heavy atom. The van der Waals surface area contributed by atoms with E-state index in [2.05, 4.69) is 0 Å². The van der Waals surface area contributed by atoms with Gasteiger partial charge in [0, 0.05) is 18.8 Å². The topological polar surface area (TPSA) is 72.6 Å². The van der Waals surface area contributed by atoms with Gasteiger partial charge in [0.15, 0.2) is 0 Å². The number of anilines is 1. The zero-order valence-corrected chi connectivity index (χ0v) is 13.2. The molecular weight excluding hydrogens is 276 g/mol. The van der Waals surface area contributed by atoms with E-state index in [0.29, 0.717) is 18.8 Å². The lowest BCUT2D eigenvalue weighted by Gasteiger charge is -2.21. The molecule has 0 saturated carbocycles. The Morgan fingerprint density at radius 1 is 1.35 bits per heavy atom. The van der Waals surface area contributed by atoms with Gasteiger partial charge in [-0.3, -0.25) is 0 Å². The maximum Gasteiger partial charge on any atom is 0.216 e. The van der Waals surface area contributed by atoms with Crippen molar-refractivity contribution >= 4 is 15.7 Å². The molecule has 0 radical (unpaired) electrons. The third-order valence-corrected chi connectivity index (χ3v) is 4.71. The van der Waals surface area contributed by atoms with E-state index < -0.39 is 10.0 Å². The van der Waals surface area contributed by atoms with Crippen LogP contribution in [0.1, 0.15) is 26.3 Å². The maximum atomic E-state index is 12.2. The molecule has 20 heavy (non-hydrogen) atoms. The molecule has 0 aliphatic heterocycles. The van der Waals surface area contributed by atoms with Gasteiger partial charge in [-0.1, -0.05) is 19.1 Å². The first-order valence-corrected chi connectivity index (χ1v) is 8.40. The summed E-state index contributed by atoms with van der Waals surface area (Å²) in [5.41, 5.74) is 7.24. The van der Waals surface area contributed by atoms with Crippen molar-refractivity contribution in [3.8, 4) is 0 Å². The minimum atomic E-state index is -3.31. The molecule has 1 rings (SSSR count). The fraction of sp³-hybridized carbons (Fsp3) is 0.571. The summed E-state index contributed by atoms with van der Waals surface area (Å²) in [7, 11) is -3.31. The Hall–Kier alpha value is -1.11. The van der Waals surface area contributed by atoms with Gasteiger partial charge in [0.05, 0.1) is 18.5 Å². The Morgan fingerprint density at radius 2 is 2.05 bits per heavy atom. The molecule has 0 fully saturated rings. The standard InChI is InChI=1S/C14H24N2O3S/c1-4-16(11-13-6-5-7-14(15)10-13)20(17,18)9-8-19-12(2)3/h5-7,10,12H,4,8-9,11,15H2,1-3H3. The molecule has 5 nitrogen and oxygen atoms in total. The van der Waals surface area contributed by atoms with Gasteiger partial charge in [0.1, 0.15) is 0 Å². The molecule has 0 aliphatic rings. The highest BCUT2D eigenvalue weighted by Gasteiger charge is 2.20. The Kier molecular flexibility index (Phi) is 6.45. The number of nitrogens with two attached hydrogens (primary N) is 1. The Bertz CT molecular complexity index is 515. The largest absolute Gasteiger partial charge is 0.399 e. The molecule has 2 N–H and O–H groups in total. The summed E-state index contributed by atoms with van der Waals surface area (Å²) < 4.78 is 31.3. The van der Waals surface area contributed by atoms with Crippen molar-refractivity contribution < 1.29 is 13.2 Å². The summed E-state index contributed by atoms with van der Waals surface area (Å²) in [5, 5.41) is 0. The second-order valence-electron chi connectivity index (χ2n) is 4.91. The molecular formula is C14H24N2O3S. The summed E-state index contributed by atoms with van der Waals surface area (Å²) in [5.74, 6) is 0.00133. The van der Waals surface area contributed by atoms with Gasteiger partial charge in [-0.15, -0.1) is 0 Å². The number of hydrogen-bond donors (Lipinski definition) is 1. The minimum Gasteiger partial charge on any atom is -0.399 e. The van der Waals surface area contributed by atoms with Crippen LogP contribution < -0.4 is 5.73 Å². The van der Waals surface area contributed by atoms with Crippen molar-refractivity contribution in [1.29, 1.82) is 0 Å². The van der Waals surface area contributed by atoms with Crippen LogP contribution in [-0.2, 0) is 21.3 Å². The van der Waals surface area contributed by atoms with Gasteiger partial charge in [0.2, 0.25) is 10.0 Å². The molecule has 0 amide bonds. The maximum absolute atomic E-state index is 12.2. The van der Waals surface area contributed by atoms with Crippen molar-refractivity contribution in [2.24, 2.45) is 0 Å². The van der Waals surface area contributed by atoms with Crippen molar-refractivity contribution in [3.63, 3.8) is 0 Å². The normalized spacial score (nSPS) is 12.2. The van der Waals surface area contributed by atoms with Gasteiger partial charge >= 0.3 is 0 Å². The Labute approximate surface area is 121 Å². The van der Waals surface area contributed by atoms with E-state index in [1.807, 2.05) is 32.9 Å². The smallest absolute Gasteiger partial charge is 0.216 e. The predicted octanol–water partition coefficient (Wildman–Crippen LogP) is 1.85. The molecule has 0 aliphatic carbocycles. The number of hydrogen-bond acceptors (Lipinski definition) is 4. The van der Waals surface area contributed by atoms with Crippen LogP contribution in [-0.4, -0.2) is 37.7 Å². The Balaban J connectivity index is 2.69. The number of nitrogen functional groups attached to an aromatic ring is 1. The van der Waals surface area contributed by atoms with Crippen molar-refractivity contribution in [2.75, 3.05) is 24.6 Å². The lowest BCUT2D eigenvalue weighted by atomic mass is 10.2. The van der Waals surface area contributed by atoms with Crippen LogP contribution in [0.2, 0.25) is 0 Å². The molecule has 114 valence electrons. The van der Waals surface area contributed by atoms with Gasteiger partial charge < -0.3 is 10.5 Å². The molecule has 0 atom stereocenters. The monoisotopic (exact) mass is 300 g/mol. The van der Waals surface area contributed by atoms with Crippen molar-refractivity contribution in [1.82, 2.24) is 4.31 Å². The van der Waals surface area contributed by atoms with E-state index in [-0.39, 0.29) is 18.5 Å². The lowest BCUT2D eigenvalue weighted by molar-refractivity contribution is 0.0906. The second kappa shape index (κ2) is 7.61. The third-order valence-electron chi connectivity index (χ3n) is 2.85. The number of rotatable bonds is 8. The van der Waals surface area contributed by atoms with Crippen LogP contribution in [0.3, 0.4) is 0 Å². The fourth-order valence-corrected chi connectivity index (χ4v) is 3.12. The summed E-state index contributed by atoms with van der Waals surface area (Å²) in [4.78, 5) is 0. The van der Waals surface area contributed by atoms with Crippen molar-refractivity contribution in [3.05, 3.63) is 29.8 Å². The van der Waals surface area contributed by atoms with Gasteiger partial charge in [-0.05, 0) is 31.5 Å². The van der Waals surface area contributed by atoms with Gasteiger partial charge in [-0.25, -0.2) is 8.42 Å². The molecule has 0 heterocycles. The number of sulfonamides is 1. The van der Waals surface area contributed by atoms with E-state index in [0.717, 1.165) is 5.56 Å². The number of nitrogens with zero attached hydrogens (tertiary/aromatic N) is 1. The van der Waals surface area contributed by atoms with E-state index in [9.17, 15) is 8.42 Å². The lowest BCUT2D eigenvalue weighted by Crippen LogP contribution is -2.34. The minimum absolute atomic E-state index is 0.00133. The molecule has 0 spiro atoms. The highest BCUT2D eigenvalue weighted by Crippen LogP contribution is 2.12. The summed E-state index contributed by atoms with van der Waals surface area (Å²) >= 11 is 0. The van der Waals surface area contributed by atoms with E-state index in [4.69, 9.17) is 10.5 Å². The van der Waals surface area contributed by atoms with Crippen LogP contribution in [0.15, 0.2) is 24.3 Å². The quantitative estimate of drug-likeness (QED) is 0.744. The molecule has 6 heteroatoms. The van der Waals surface area contributed by atoms with Crippen LogP contribution >= 0.6 is 0 Å². The van der Waals surface area contributed by atoms with E-state index in [1.165, 1.54) is 4.31 Å².